The molecular weight excluding hydrogens is 338 g/mol. The summed E-state index contributed by atoms with van der Waals surface area (Å²) in [6.07, 6.45) is 1.22. The molecule has 1 aliphatic heterocycles. The van der Waals surface area contributed by atoms with Crippen LogP contribution in [-0.4, -0.2) is 29.6 Å². The van der Waals surface area contributed by atoms with Gasteiger partial charge >= 0.3 is 0 Å². The molecule has 0 saturated carbocycles. The van der Waals surface area contributed by atoms with Gasteiger partial charge in [0.05, 0.1) is 0 Å². The Bertz CT molecular complexity index is 744. The zero-order valence-corrected chi connectivity index (χ0v) is 16.8. The molecule has 2 aromatic carbocycles. The van der Waals surface area contributed by atoms with Crippen molar-refractivity contribution in [3.05, 3.63) is 65.2 Å². The van der Waals surface area contributed by atoms with Crippen LogP contribution in [0.2, 0.25) is 0 Å². The molecule has 2 unspecified atom stereocenters. The molecule has 1 saturated heterocycles. The minimum absolute atomic E-state index is 0.474. The van der Waals surface area contributed by atoms with Crippen molar-refractivity contribution in [2.75, 3.05) is 25.0 Å². The minimum atomic E-state index is 0.474. The molecule has 1 fully saturated rings. The van der Waals surface area contributed by atoms with Crippen molar-refractivity contribution in [2.45, 2.75) is 33.2 Å². The second-order valence-corrected chi connectivity index (χ2v) is 7.78. The number of thiocarbonyl (C=S) groups is 1. The average Bonchev–Trinajstić information content (AvgIpc) is 3.12. The van der Waals surface area contributed by atoms with Gasteiger partial charge < -0.3 is 10.6 Å². The molecule has 0 bridgehead atoms. The van der Waals surface area contributed by atoms with Crippen LogP contribution < -0.4 is 10.6 Å². The number of nitrogens with one attached hydrogen (secondary N) is 2. The molecule has 1 aliphatic rings. The number of anilines is 1. The van der Waals surface area contributed by atoms with Crippen molar-refractivity contribution in [3.63, 3.8) is 0 Å². The molecule has 4 heteroatoms. The van der Waals surface area contributed by atoms with E-state index in [0.717, 1.165) is 25.3 Å². The van der Waals surface area contributed by atoms with E-state index in [2.05, 4.69) is 84.8 Å². The van der Waals surface area contributed by atoms with E-state index in [-0.39, 0.29) is 0 Å². The number of benzene rings is 2. The van der Waals surface area contributed by atoms with Crippen LogP contribution in [-0.2, 0) is 0 Å². The van der Waals surface area contributed by atoms with Gasteiger partial charge in [0.25, 0.3) is 0 Å². The van der Waals surface area contributed by atoms with Crippen molar-refractivity contribution in [3.8, 4) is 0 Å². The Labute approximate surface area is 162 Å². The summed E-state index contributed by atoms with van der Waals surface area (Å²) in [6.45, 7) is 9.75. The third-order valence-electron chi connectivity index (χ3n) is 5.46. The number of rotatable bonds is 5. The van der Waals surface area contributed by atoms with E-state index in [9.17, 15) is 0 Å². The maximum Gasteiger partial charge on any atom is 0.170 e. The van der Waals surface area contributed by atoms with Crippen molar-refractivity contribution >= 4 is 23.0 Å². The Morgan fingerprint density at radius 2 is 1.92 bits per heavy atom. The minimum Gasteiger partial charge on any atom is -0.362 e. The van der Waals surface area contributed by atoms with E-state index in [1.54, 1.807) is 0 Å². The fourth-order valence-electron chi connectivity index (χ4n) is 3.55. The molecule has 0 aromatic heterocycles. The molecule has 2 atom stereocenters. The monoisotopic (exact) mass is 367 g/mol. The van der Waals surface area contributed by atoms with E-state index in [1.807, 2.05) is 0 Å². The molecule has 0 spiro atoms. The summed E-state index contributed by atoms with van der Waals surface area (Å²) in [5.41, 5.74) is 5.02. The molecule has 2 N–H and O–H groups in total. The van der Waals surface area contributed by atoms with Crippen LogP contribution in [0.25, 0.3) is 0 Å². The summed E-state index contributed by atoms with van der Waals surface area (Å²) < 4.78 is 0. The average molecular weight is 368 g/mol. The lowest BCUT2D eigenvalue weighted by Gasteiger charge is -2.25. The summed E-state index contributed by atoms with van der Waals surface area (Å²) in [5, 5.41) is 7.41. The predicted molar refractivity (Wildman–Crippen MR) is 115 cm³/mol. The third-order valence-corrected chi connectivity index (χ3v) is 5.71. The summed E-state index contributed by atoms with van der Waals surface area (Å²) in [6, 6.07) is 17.6. The SMILES string of the molecule is Cc1ccc(NC(=S)NCC2CCN(C(C)c3ccccc3)C2)cc1C. The van der Waals surface area contributed by atoms with Gasteiger partial charge in [0.15, 0.2) is 5.11 Å². The standard InChI is InChI=1S/C22H29N3S/c1-16-9-10-21(13-17(16)2)24-22(26)23-14-19-11-12-25(15-19)18(3)20-7-5-4-6-8-20/h4-10,13,18-19H,11-12,14-15H2,1-3H3,(H2,23,24,26). The summed E-state index contributed by atoms with van der Waals surface area (Å²) in [4.78, 5) is 2.57. The topological polar surface area (TPSA) is 27.3 Å². The van der Waals surface area contributed by atoms with Gasteiger partial charge in [-0.05, 0) is 80.7 Å². The number of hydrogen-bond acceptors (Lipinski definition) is 2. The highest BCUT2D eigenvalue weighted by Crippen LogP contribution is 2.26. The normalized spacial score (nSPS) is 18.5. The van der Waals surface area contributed by atoms with Gasteiger partial charge in [-0.1, -0.05) is 36.4 Å². The zero-order chi connectivity index (χ0) is 18.5. The quantitative estimate of drug-likeness (QED) is 0.751. The third kappa shape index (κ3) is 4.83. The second kappa shape index (κ2) is 8.65. The van der Waals surface area contributed by atoms with Crippen LogP contribution in [0, 0.1) is 19.8 Å². The summed E-state index contributed by atoms with van der Waals surface area (Å²) >= 11 is 5.47. The second-order valence-electron chi connectivity index (χ2n) is 7.37. The first kappa shape index (κ1) is 18.9. The lowest BCUT2D eigenvalue weighted by Crippen LogP contribution is -2.34. The molecule has 0 aliphatic carbocycles. The first-order chi connectivity index (χ1) is 12.5. The largest absolute Gasteiger partial charge is 0.362 e. The molecule has 0 amide bonds. The van der Waals surface area contributed by atoms with E-state index in [0.29, 0.717) is 17.1 Å². The maximum absolute atomic E-state index is 5.47. The highest BCUT2D eigenvalue weighted by molar-refractivity contribution is 7.80. The van der Waals surface area contributed by atoms with Crippen molar-refractivity contribution in [2.24, 2.45) is 5.92 Å². The summed E-state index contributed by atoms with van der Waals surface area (Å²) in [5.74, 6) is 0.640. The zero-order valence-electron chi connectivity index (χ0n) is 16.0. The highest BCUT2D eigenvalue weighted by atomic mass is 32.1. The Balaban J connectivity index is 1.45. The number of nitrogens with zero attached hydrogens (tertiary/aromatic N) is 1. The van der Waals surface area contributed by atoms with Gasteiger partial charge in [-0.2, -0.15) is 0 Å². The highest BCUT2D eigenvalue weighted by Gasteiger charge is 2.26. The maximum atomic E-state index is 5.47. The van der Waals surface area contributed by atoms with Crippen LogP contribution in [0.3, 0.4) is 0 Å². The molecule has 2 aromatic rings. The molecule has 26 heavy (non-hydrogen) atoms. The first-order valence-corrected chi connectivity index (χ1v) is 9.85. The molecule has 0 radical (unpaired) electrons. The predicted octanol–water partition coefficient (Wildman–Crippen LogP) is 4.67. The van der Waals surface area contributed by atoms with Gasteiger partial charge in [0, 0.05) is 24.8 Å². The van der Waals surface area contributed by atoms with Gasteiger partial charge in [0.2, 0.25) is 0 Å². The summed E-state index contributed by atoms with van der Waals surface area (Å²) in [7, 11) is 0. The van der Waals surface area contributed by atoms with Crippen molar-refractivity contribution in [1.29, 1.82) is 0 Å². The van der Waals surface area contributed by atoms with Crippen LogP contribution in [0.4, 0.5) is 5.69 Å². The molecule has 3 nitrogen and oxygen atoms in total. The first-order valence-electron chi connectivity index (χ1n) is 9.44. The molecule has 3 rings (SSSR count). The van der Waals surface area contributed by atoms with Crippen molar-refractivity contribution in [1.82, 2.24) is 10.2 Å². The lowest BCUT2D eigenvalue weighted by atomic mass is 10.1. The molecule has 138 valence electrons. The van der Waals surface area contributed by atoms with Gasteiger partial charge in [-0.25, -0.2) is 0 Å². The van der Waals surface area contributed by atoms with Crippen LogP contribution in [0.5, 0.6) is 0 Å². The van der Waals surface area contributed by atoms with E-state index in [1.165, 1.54) is 23.1 Å². The smallest absolute Gasteiger partial charge is 0.170 e. The van der Waals surface area contributed by atoms with Crippen LogP contribution >= 0.6 is 12.2 Å². The van der Waals surface area contributed by atoms with Gasteiger partial charge in [0.1, 0.15) is 0 Å². The molecular formula is C22H29N3S. The lowest BCUT2D eigenvalue weighted by molar-refractivity contribution is 0.253. The fourth-order valence-corrected chi connectivity index (χ4v) is 3.76. The Morgan fingerprint density at radius 3 is 2.65 bits per heavy atom. The fraction of sp³-hybridized carbons (Fsp3) is 0.409. The van der Waals surface area contributed by atoms with Crippen LogP contribution in [0.15, 0.2) is 48.5 Å². The Kier molecular flexibility index (Phi) is 6.28. The van der Waals surface area contributed by atoms with Gasteiger partial charge in [-0.3, -0.25) is 4.90 Å². The van der Waals surface area contributed by atoms with Crippen LogP contribution in [0.1, 0.15) is 36.1 Å². The van der Waals surface area contributed by atoms with E-state index in [4.69, 9.17) is 12.2 Å². The molecule has 1 heterocycles. The number of likely N-dealkylation sites (tertiary alicyclic amines) is 1. The number of aryl methyl sites for hydroxylation is 2. The Morgan fingerprint density at radius 1 is 1.15 bits per heavy atom. The van der Waals surface area contributed by atoms with Crippen molar-refractivity contribution < 1.29 is 0 Å². The number of hydrogen-bond donors (Lipinski definition) is 2. The Hall–Kier alpha value is -1.91. The van der Waals surface area contributed by atoms with E-state index >= 15 is 0 Å². The van der Waals surface area contributed by atoms with Gasteiger partial charge in [-0.15, -0.1) is 0 Å². The van der Waals surface area contributed by atoms with E-state index < -0.39 is 0 Å².